The Balaban J connectivity index is 1.84. The molecular weight excluding hydrogens is 310 g/mol. The van der Waals surface area contributed by atoms with Crippen LogP contribution in [0.4, 0.5) is 4.79 Å². The first kappa shape index (κ1) is 15.7. The number of carbonyl (C=O) groups is 1. The van der Waals surface area contributed by atoms with Gasteiger partial charge in [0.1, 0.15) is 5.60 Å². The van der Waals surface area contributed by atoms with Crippen LogP contribution in [0.3, 0.4) is 0 Å². The molecule has 1 heterocycles. The molecule has 2 aromatic carbocycles. The van der Waals surface area contributed by atoms with Crippen LogP contribution in [-0.4, -0.2) is 16.3 Å². The summed E-state index contributed by atoms with van der Waals surface area (Å²) in [5.41, 5.74) is 3.99. The Morgan fingerprint density at radius 2 is 1.72 bits per heavy atom. The number of rotatable bonds is 1. The third-order valence-corrected chi connectivity index (χ3v) is 4.47. The molecule has 25 heavy (non-hydrogen) atoms. The van der Waals surface area contributed by atoms with Crippen LogP contribution in [-0.2, 0) is 4.74 Å². The van der Waals surface area contributed by atoms with Crippen molar-refractivity contribution >= 4 is 23.1 Å². The van der Waals surface area contributed by atoms with Crippen molar-refractivity contribution in [2.75, 3.05) is 0 Å². The van der Waals surface area contributed by atoms with Gasteiger partial charge in [0.25, 0.3) is 0 Å². The molecule has 1 unspecified atom stereocenters. The van der Waals surface area contributed by atoms with Crippen molar-refractivity contribution < 1.29 is 9.53 Å². The van der Waals surface area contributed by atoms with Crippen LogP contribution >= 0.6 is 0 Å². The highest BCUT2D eigenvalue weighted by Gasteiger charge is 2.25. The average molecular weight is 331 g/mol. The van der Waals surface area contributed by atoms with E-state index >= 15 is 0 Å². The summed E-state index contributed by atoms with van der Waals surface area (Å²) in [6.07, 6.45) is 5.94. The minimum atomic E-state index is -0.525. The normalized spacial score (nSPS) is 16.2. The zero-order valence-corrected chi connectivity index (χ0v) is 14.7. The van der Waals surface area contributed by atoms with Crippen LogP contribution in [0.25, 0.3) is 17.0 Å². The minimum Gasteiger partial charge on any atom is -0.443 e. The molecular formula is C22H21NO2. The van der Waals surface area contributed by atoms with Crippen molar-refractivity contribution in [2.45, 2.75) is 32.3 Å². The van der Waals surface area contributed by atoms with Gasteiger partial charge in [-0.2, -0.15) is 0 Å². The van der Waals surface area contributed by atoms with Gasteiger partial charge in [-0.05, 0) is 43.5 Å². The van der Waals surface area contributed by atoms with Gasteiger partial charge < -0.3 is 4.74 Å². The third kappa shape index (κ3) is 2.76. The largest absolute Gasteiger partial charge is 0.443 e. The fraction of sp³-hybridized carbons (Fsp3) is 0.227. The van der Waals surface area contributed by atoms with Gasteiger partial charge in [-0.1, -0.05) is 54.6 Å². The molecule has 0 aliphatic heterocycles. The number of para-hydroxylation sites is 1. The van der Waals surface area contributed by atoms with Gasteiger partial charge in [0.05, 0.1) is 5.52 Å². The summed E-state index contributed by atoms with van der Waals surface area (Å²) in [5.74, 6) is 0.157. The Morgan fingerprint density at radius 1 is 1.00 bits per heavy atom. The minimum absolute atomic E-state index is 0.157. The first-order valence-electron chi connectivity index (χ1n) is 8.54. The zero-order valence-electron chi connectivity index (χ0n) is 14.7. The Bertz CT molecular complexity index is 989. The van der Waals surface area contributed by atoms with Gasteiger partial charge in [-0.15, -0.1) is 0 Å². The van der Waals surface area contributed by atoms with Crippen molar-refractivity contribution in [3.63, 3.8) is 0 Å². The first-order valence-corrected chi connectivity index (χ1v) is 8.54. The second-order valence-electron chi connectivity index (χ2n) is 7.42. The second kappa shape index (κ2) is 5.62. The van der Waals surface area contributed by atoms with Gasteiger partial charge in [0.2, 0.25) is 0 Å². The number of nitrogens with zero attached hydrogens (tertiary/aromatic N) is 1. The topological polar surface area (TPSA) is 31.2 Å². The summed E-state index contributed by atoms with van der Waals surface area (Å²) in [4.78, 5) is 12.7. The van der Waals surface area contributed by atoms with Crippen molar-refractivity contribution in [1.82, 2.24) is 4.57 Å². The lowest BCUT2D eigenvalue weighted by molar-refractivity contribution is 0.0544. The Labute approximate surface area is 147 Å². The standard InChI is InChI=1S/C22H21NO2/c1-22(2,3)25-21(24)23-14-19(18-10-6-7-11-20(18)23)17-13-12-15-8-4-5-9-16(15)17/h4-14,17H,1-3H3. The first-order chi connectivity index (χ1) is 11.9. The SMILES string of the molecule is CC(C)(C)OC(=O)n1cc(C2C=Cc3ccccc32)c2ccccc21. The lowest BCUT2D eigenvalue weighted by Gasteiger charge is -2.19. The van der Waals surface area contributed by atoms with Crippen LogP contribution in [0, 0.1) is 0 Å². The van der Waals surface area contributed by atoms with E-state index in [1.165, 1.54) is 11.1 Å². The molecule has 0 spiro atoms. The van der Waals surface area contributed by atoms with E-state index < -0.39 is 5.60 Å². The van der Waals surface area contributed by atoms with Gasteiger partial charge in [0.15, 0.2) is 0 Å². The summed E-state index contributed by atoms with van der Waals surface area (Å²) in [6, 6.07) is 16.4. The summed E-state index contributed by atoms with van der Waals surface area (Å²) >= 11 is 0. The van der Waals surface area contributed by atoms with Crippen LogP contribution in [0.5, 0.6) is 0 Å². The molecule has 4 rings (SSSR count). The fourth-order valence-corrected chi connectivity index (χ4v) is 3.44. The molecule has 0 radical (unpaired) electrons. The number of hydrogen-bond donors (Lipinski definition) is 0. The smallest absolute Gasteiger partial charge is 0.419 e. The maximum Gasteiger partial charge on any atom is 0.419 e. The molecule has 1 atom stereocenters. The molecule has 1 aliphatic rings. The molecule has 1 aliphatic carbocycles. The number of ether oxygens (including phenoxy) is 1. The molecule has 3 heteroatoms. The Hall–Kier alpha value is -2.81. The molecule has 3 aromatic rings. The van der Waals surface area contributed by atoms with Crippen molar-refractivity contribution in [2.24, 2.45) is 0 Å². The van der Waals surface area contributed by atoms with E-state index in [0.717, 1.165) is 16.5 Å². The molecule has 0 bridgehead atoms. The molecule has 0 saturated heterocycles. The molecule has 0 fully saturated rings. The Kier molecular flexibility index (Phi) is 3.53. The highest BCUT2D eigenvalue weighted by molar-refractivity contribution is 5.93. The van der Waals surface area contributed by atoms with E-state index in [1.807, 2.05) is 45.2 Å². The van der Waals surface area contributed by atoms with Crippen LogP contribution in [0.1, 0.15) is 43.4 Å². The van der Waals surface area contributed by atoms with Gasteiger partial charge in [-0.25, -0.2) is 4.79 Å². The highest BCUT2D eigenvalue weighted by Crippen LogP contribution is 2.39. The van der Waals surface area contributed by atoms with Crippen LogP contribution in [0.2, 0.25) is 0 Å². The van der Waals surface area contributed by atoms with E-state index in [-0.39, 0.29) is 12.0 Å². The van der Waals surface area contributed by atoms with Crippen molar-refractivity contribution in [3.05, 3.63) is 77.5 Å². The number of hydrogen-bond acceptors (Lipinski definition) is 2. The van der Waals surface area contributed by atoms with Crippen molar-refractivity contribution in [3.8, 4) is 0 Å². The van der Waals surface area contributed by atoms with Gasteiger partial charge in [0, 0.05) is 17.5 Å². The summed E-state index contributed by atoms with van der Waals surface area (Å²) in [5, 5.41) is 1.08. The summed E-state index contributed by atoms with van der Waals surface area (Å²) in [7, 11) is 0. The molecule has 0 N–H and O–H groups in total. The second-order valence-corrected chi connectivity index (χ2v) is 7.42. The lowest BCUT2D eigenvalue weighted by atomic mass is 9.93. The molecule has 126 valence electrons. The molecule has 3 nitrogen and oxygen atoms in total. The van der Waals surface area contributed by atoms with E-state index in [1.54, 1.807) is 4.57 Å². The van der Waals surface area contributed by atoms with E-state index in [0.29, 0.717) is 0 Å². The number of aromatic nitrogens is 1. The zero-order chi connectivity index (χ0) is 17.6. The maximum atomic E-state index is 12.7. The quantitative estimate of drug-likeness (QED) is 0.582. The van der Waals surface area contributed by atoms with Gasteiger partial charge in [-0.3, -0.25) is 4.57 Å². The van der Waals surface area contributed by atoms with Gasteiger partial charge >= 0.3 is 6.09 Å². The lowest BCUT2D eigenvalue weighted by Crippen LogP contribution is -2.26. The van der Waals surface area contributed by atoms with E-state index in [9.17, 15) is 4.79 Å². The monoisotopic (exact) mass is 331 g/mol. The number of fused-ring (bicyclic) bond motifs is 2. The molecule has 0 amide bonds. The number of allylic oxidation sites excluding steroid dienone is 1. The molecule has 1 aromatic heterocycles. The van der Waals surface area contributed by atoms with Crippen LogP contribution < -0.4 is 0 Å². The van der Waals surface area contributed by atoms with E-state index in [4.69, 9.17) is 4.74 Å². The fourth-order valence-electron chi connectivity index (χ4n) is 3.44. The number of carbonyl (C=O) groups excluding carboxylic acids is 1. The predicted octanol–water partition coefficient (Wildman–Crippen LogP) is 5.58. The number of benzene rings is 2. The summed E-state index contributed by atoms with van der Waals surface area (Å²) in [6.45, 7) is 5.65. The maximum absolute atomic E-state index is 12.7. The van der Waals surface area contributed by atoms with Crippen molar-refractivity contribution in [1.29, 1.82) is 0 Å². The third-order valence-electron chi connectivity index (χ3n) is 4.47. The Morgan fingerprint density at radius 3 is 2.52 bits per heavy atom. The average Bonchev–Trinajstić information content (AvgIpc) is 3.14. The highest BCUT2D eigenvalue weighted by atomic mass is 16.6. The predicted molar refractivity (Wildman–Crippen MR) is 101 cm³/mol. The van der Waals surface area contributed by atoms with E-state index in [2.05, 4.69) is 42.5 Å². The van der Waals surface area contributed by atoms with Crippen LogP contribution in [0.15, 0.2) is 60.8 Å². The molecule has 0 saturated carbocycles. The summed E-state index contributed by atoms with van der Waals surface area (Å²) < 4.78 is 7.21.